The number of methoxy groups -OCH3 is 1. The molecule has 0 bridgehead atoms. The Morgan fingerprint density at radius 2 is 2.06 bits per heavy atom. The highest BCUT2D eigenvalue weighted by Gasteiger charge is 2.28. The van der Waals surface area contributed by atoms with E-state index in [4.69, 9.17) is 4.74 Å². The third-order valence-electron chi connectivity index (χ3n) is 1.86. The molecule has 0 saturated carbocycles. The number of nitrogens with one attached hydrogen (secondary N) is 1. The number of alkyl halides is 3. The second-order valence-electron chi connectivity index (χ2n) is 3.25. The Labute approximate surface area is 96.7 Å². The van der Waals surface area contributed by atoms with Gasteiger partial charge in [0.1, 0.15) is 0 Å². The molecule has 1 heterocycles. The molecular formula is C10H13F3N2O2. The first-order chi connectivity index (χ1) is 7.96. The fourth-order valence-electron chi connectivity index (χ4n) is 1.19. The van der Waals surface area contributed by atoms with Crippen LogP contribution < -0.4 is 14.8 Å². The molecule has 0 radical (unpaired) electrons. The van der Waals surface area contributed by atoms with Crippen LogP contribution in [0.25, 0.3) is 0 Å². The number of nitrogens with zero attached hydrogens (tertiary/aromatic N) is 1. The summed E-state index contributed by atoms with van der Waals surface area (Å²) < 4.78 is 45.3. The number of aromatic nitrogens is 1. The molecule has 0 fully saturated rings. The third kappa shape index (κ3) is 4.48. The van der Waals surface area contributed by atoms with Crippen molar-refractivity contribution >= 4 is 0 Å². The highest BCUT2D eigenvalue weighted by molar-refractivity contribution is 5.30. The van der Waals surface area contributed by atoms with Gasteiger partial charge in [-0.25, -0.2) is 0 Å². The second-order valence-corrected chi connectivity index (χ2v) is 3.25. The molecular weight excluding hydrogens is 237 g/mol. The van der Waals surface area contributed by atoms with Crippen molar-refractivity contribution in [2.24, 2.45) is 0 Å². The maximum atomic E-state index is 11.9. The molecule has 0 atom stereocenters. The van der Waals surface area contributed by atoms with Gasteiger partial charge in [0.25, 0.3) is 0 Å². The lowest BCUT2D eigenvalue weighted by Crippen LogP contribution is -2.19. The van der Waals surface area contributed by atoms with Gasteiger partial charge in [0.2, 0.25) is 11.8 Å². The predicted octanol–water partition coefficient (Wildman–Crippen LogP) is 1.75. The lowest BCUT2D eigenvalue weighted by molar-refractivity contribution is -0.154. The van der Waals surface area contributed by atoms with E-state index in [0.29, 0.717) is 6.54 Å². The maximum absolute atomic E-state index is 11.9. The van der Waals surface area contributed by atoms with Crippen LogP contribution in [0.1, 0.15) is 5.56 Å². The Morgan fingerprint density at radius 3 is 2.59 bits per heavy atom. The molecule has 0 aliphatic rings. The normalized spacial score (nSPS) is 11.4. The Hall–Kier alpha value is -1.50. The average Bonchev–Trinajstić information content (AvgIpc) is 2.27. The summed E-state index contributed by atoms with van der Waals surface area (Å²) in [5.41, 5.74) is 0.745. The molecule has 96 valence electrons. The smallest absolute Gasteiger partial charge is 0.422 e. The monoisotopic (exact) mass is 250 g/mol. The standard InChI is InChI=1S/C10H13F3N2O2/c1-14-5-7-3-4-8(15-9(7)16-2)17-6-10(11,12)13/h3-4,14H,5-6H2,1-2H3. The van der Waals surface area contributed by atoms with Crippen LogP contribution in [0.2, 0.25) is 0 Å². The van der Waals surface area contributed by atoms with Crippen LogP contribution in [-0.2, 0) is 6.54 Å². The molecule has 1 N–H and O–H groups in total. The summed E-state index contributed by atoms with van der Waals surface area (Å²) in [5, 5.41) is 2.89. The number of rotatable bonds is 5. The average molecular weight is 250 g/mol. The van der Waals surface area contributed by atoms with Gasteiger partial charge in [0, 0.05) is 18.2 Å². The van der Waals surface area contributed by atoms with E-state index in [-0.39, 0.29) is 11.8 Å². The van der Waals surface area contributed by atoms with Crippen LogP contribution in [0.15, 0.2) is 12.1 Å². The molecule has 0 aliphatic heterocycles. The van der Waals surface area contributed by atoms with E-state index in [1.165, 1.54) is 13.2 Å². The minimum atomic E-state index is -4.38. The van der Waals surface area contributed by atoms with E-state index in [9.17, 15) is 13.2 Å². The van der Waals surface area contributed by atoms with Crippen molar-refractivity contribution in [3.63, 3.8) is 0 Å². The van der Waals surface area contributed by atoms with Crippen molar-refractivity contribution in [1.29, 1.82) is 0 Å². The minimum absolute atomic E-state index is 0.112. The second kappa shape index (κ2) is 5.72. The van der Waals surface area contributed by atoms with E-state index in [1.807, 2.05) is 0 Å². The van der Waals surface area contributed by atoms with E-state index >= 15 is 0 Å². The van der Waals surface area contributed by atoms with Crippen LogP contribution in [0.5, 0.6) is 11.8 Å². The molecule has 0 aliphatic carbocycles. The molecule has 0 unspecified atom stereocenters. The molecule has 7 heteroatoms. The lowest BCUT2D eigenvalue weighted by atomic mass is 10.2. The predicted molar refractivity (Wildman–Crippen MR) is 55.1 cm³/mol. The van der Waals surface area contributed by atoms with Crippen molar-refractivity contribution in [3.05, 3.63) is 17.7 Å². The summed E-state index contributed by atoms with van der Waals surface area (Å²) in [5.74, 6) is 0.137. The van der Waals surface area contributed by atoms with E-state index in [2.05, 4.69) is 15.0 Å². The Balaban J connectivity index is 2.75. The molecule has 1 aromatic heterocycles. The quantitative estimate of drug-likeness (QED) is 0.864. The molecule has 17 heavy (non-hydrogen) atoms. The van der Waals surface area contributed by atoms with E-state index < -0.39 is 12.8 Å². The summed E-state index contributed by atoms with van der Waals surface area (Å²) >= 11 is 0. The molecule has 0 saturated heterocycles. The van der Waals surface area contributed by atoms with Gasteiger partial charge in [-0.1, -0.05) is 0 Å². The summed E-state index contributed by atoms with van der Waals surface area (Å²) in [7, 11) is 3.14. The highest BCUT2D eigenvalue weighted by atomic mass is 19.4. The first-order valence-electron chi connectivity index (χ1n) is 4.84. The van der Waals surface area contributed by atoms with Gasteiger partial charge in [0.05, 0.1) is 7.11 Å². The zero-order valence-electron chi connectivity index (χ0n) is 9.47. The Kier molecular flexibility index (Phi) is 4.56. The van der Waals surface area contributed by atoms with E-state index in [0.717, 1.165) is 5.56 Å². The van der Waals surface area contributed by atoms with Crippen molar-refractivity contribution in [2.75, 3.05) is 20.8 Å². The Morgan fingerprint density at radius 1 is 1.35 bits per heavy atom. The van der Waals surface area contributed by atoms with Crippen molar-refractivity contribution in [1.82, 2.24) is 10.3 Å². The molecule has 0 spiro atoms. The first-order valence-corrected chi connectivity index (χ1v) is 4.84. The number of hydrogen-bond donors (Lipinski definition) is 1. The number of pyridine rings is 1. The summed E-state index contributed by atoms with van der Waals surface area (Å²) in [4.78, 5) is 3.83. The zero-order valence-corrected chi connectivity index (χ0v) is 9.47. The topological polar surface area (TPSA) is 43.4 Å². The molecule has 0 aromatic carbocycles. The highest BCUT2D eigenvalue weighted by Crippen LogP contribution is 2.22. The fraction of sp³-hybridized carbons (Fsp3) is 0.500. The largest absolute Gasteiger partial charge is 0.481 e. The number of halogens is 3. The first kappa shape index (κ1) is 13.6. The summed E-state index contributed by atoms with van der Waals surface area (Å²) in [6.45, 7) is -0.857. The molecule has 4 nitrogen and oxygen atoms in total. The van der Waals surface area contributed by atoms with Gasteiger partial charge in [-0.2, -0.15) is 18.2 Å². The van der Waals surface area contributed by atoms with Crippen LogP contribution in [0.3, 0.4) is 0 Å². The van der Waals surface area contributed by atoms with E-state index in [1.54, 1.807) is 13.1 Å². The fourth-order valence-corrected chi connectivity index (χ4v) is 1.19. The van der Waals surface area contributed by atoms with Gasteiger partial charge >= 0.3 is 6.18 Å². The van der Waals surface area contributed by atoms with Gasteiger partial charge in [-0.05, 0) is 13.1 Å². The number of ether oxygens (including phenoxy) is 2. The van der Waals surface area contributed by atoms with Gasteiger partial charge < -0.3 is 14.8 Å². The zero-order chi connectivity index (χ0) is 12.9. The van der Waals surface area contributed by atoms with Crippen molar-refractivity contribution in [2.45, 2.75) is 12.7 Å². The van der Waals surface area contributed by atoms with Crippen LogP contribution in [0.4, 0.5) is 13.2 Å². The summed E-state index contributed by atoms with van der Waals surface area (Å²) in [6.07, 6.45) is -4.38. The van der Waals surface area contributed by atoms with Crippen LogP contribution in [-0.4, -0.2) is 31.9 Å². The molecule has 1 rings (SSSR count). The van der Waals surface area contributed by atoms with Gasteiger partial charge in [-0.15, -0.1) is 0 Å². The SMILES string of the molecule is CNCc1ccc(OCC(F)(F)F)nc1OC. The van der Waals surface area contributed by atoms with Crippen LogP contribution in [0, 0.1) is 0 Å². The molecule has 1 aromatic rings. The van der Waals surface area contributed by atoms with Crippen LogP contribution >= 0.6 is 0 Å². The maximum Gasteiger partial charge on any atom is 0.422 e. The van der Waals surface area contributed by atoms with Crippen molar-refractivity contribution in [3.8, 4) is 11.8 Å². The van der Waals surface area contributed by atoms with Gasteiger partial charge in [0.15, 0.2) is 6.61 Å². The Bertz CT molecular complexity index is 369. The van der Waals surface area contributed by atoms with Crippen molar-refractivity contribution < 1.29 is 22.6 Å². The van der Waals surface area contributed by atoms with Gasteiger partial charge in [-0.3, -0.25) is 0 Å². The summed E-state index contributed by atoms with van der Waals surface area (Å²) in [6, 6.07) is 2.98. The number of hydrogen-bond acceptors (Lipinski definition) is 4. The molecule has 0 amide bonds. The third-order valence-corrected chi connectivity index (χ3v) is 1.86. The minimum Gasteiger partial charge on any atom is -0.481 e. The lowest BCUT2D eigenvalue weighted by Gasteiger charge is -2.11.